The van der Waals surface area contributed by atoms with Crippen LogP contribution in [0.1, 0.15) is 31.0 Å². The summed E-state index contributed by atoms with van der Waals surface area (Å²) < 4.78 is 0. The van der Waals surface area contributed by atoms with Gasteiger partial charge in [-0.15, -0.1) is 0 Å². The van der Waals surface area contributed by atoms with E-state index in [1.165, 1.54) is 22.6 Å². The van der Waals surface area contributed by atoms with E-state index in [1.54, 1.807) is 0 Å². The number of aryl methyl sites for hydroxylation is 1. The van der Waals surface area contributed by atoms with Crippen molar-refractivity contribution in [2.75, 3.05) is 11.5 Å². The average Bonchev–Trinajstić information content (AvgIpc) is 2.42. The SMILES string of the molecule is CCc1ccc(C(NN)C2SCCSC2C)cc1. The molecule has 18 heavy (non-hydrogen) atoms. The normalized spacial score (nSPS) is 25.9. The first-order valence-corrected chi connectivity index (χ1v) is 8.64. The highest BCUT2D eigenvalue weighted by molar-refractivity contribution is 8.07. The van der Waals surface area contributed by atoms with Crippen LogP contribution in [-0.2, 0) is 6.42 Å². The van der Waals surface area contributed by atoms with Crippen LogP contribution in [0.15, 0.2) is 24.3 Å². The lowest BCUT2D eigenvalue weighted by molar-refractivity contribution is 0.527. The average molecular weight is 282 g/mol. The van der Waals surface area contributed by atoms with Gasteiger partial charge in [0.05, 0.1) is 6.04 Å². The highest BCUT2D eigenvalue weighted by Crippen LogP contribution is 2.38. The van der Waals surface area contributed by atoms with Crippen LogP contribution in [0, 0.1) is 0 Å². The molecule has 0 amide bonds. The number of thioether (sulfide) groups is 2. The van der Waals surface area contributed by atoms with E-state index in [2.05, 4.69) is 55.3 Å². The Balaban J connectivity index is 2.15. The number of hydrazine groups is 1. The van der Waals surface area contributed by atoms with Crippen LogP contribution in [0.3, 0.4) is 0 Å². The van der Waals surface area contributed by atoms with Gasteiger partial charge in [-0.1, -0.05) is 38.1 Å². The predicted octanol–water partition coefficient (Wildman–Crippen LogP) is 2.99. The second kappa shape index (κ2) is 6.85. The third-order valence-electron chi connectivity index (χ3n) is 3.49. The molecular weight excluding hydrogens is 260 g/mol. The van der Waals surface area contributed by atoms with Crippen molar-refractivity contribution >= 4 is 23.5 Å². The summed E-state index contributed by atoms with van der Waals surface area (Å²) in [5, 5.41) is 1.21. The van der Waals surface area contributed by atoms with Gasteiger partial charge in [-0.3, -0.25) is 11.3 Å². The summed E-state index contributed by atoms with van der Waals surface area (Å²) in [5.41, 5.74) is 5.71. The van der Waals surface area contributed by atoms with E-state index < -0.39 is 0 Å². The van der Waals surface area contributed by atoms with E-state index in [0.29, 0.717) is 10.5 Å². The Bertz CT molecular complexity index is 367. The molecule has 1 aliphatic heterocycles. The van der Waals surface area contributed by atoms with E-state index in [1.807, 2.05) is 11.8 Å². The van der Waals surface area contributed by atoms with Gasteiger partial charge in [-0.2, -0.15) is 23.5 Å². The highest BCUT2D eigenvalue weighted by Gasteiger charge is 2.30. The first-order valence-electron chi connectivity index (χ1n) is 6.54. The Labute approximate surface area is 118 Å². The molecule has 0 saturated carbocycles. The van der Waals surface area contributed by atoms with E-state index in [9.17, 15) is 0 Å². The van der Waals surface area contributed by atoms with Crippen LogP contribution in [0.2, 0.25) is 0 Å². The van der Waals surface area contributed by atoms with Gasteiger partial charge < -0.3 is 0 Å². The van der Waals surface area contributed by atoms with Crippen molar-refractivity contribution in [2.45, 2.75) is 36.8 Å². The van der Waals surface area contributed by atoms with Crippen molar-refractivity contribution in [1.29, 1.82) is 0 Å². The van der Waals surface area contributed by atoms with E-state index in [0.717, 1.165) is 6.42 Å². The molecule has 1 aromatic carbocycles. The molecule has 2 rings (SSSR count). The highest BCUT2D eigenvalue weighted by atomic mass is 32.2. The van der Waals surface area contributed by atoms with Crippen molar-refractivity contribution < 1.29 is 0 Å². The van der Waals surface area contributed by atoms with Crippen LogP contribution in [0.5, 0.6) is 0 Å². The lowest BCUT2D eigenvalue weighted by atomic mass is 10.00. The minimum absolute atomic E-state index is 0.253. The number of hydrogen-bond donors (Lipinski definition) is 2. The molecule has 3 atom stereocenters. The molecule has 1 aliphatic rings. The zero-order valence-electron chi connectivity index (χ0n) is 11.1. The van der Waals surface area contributed by atoms with Crippen molar-refractivity contribution in [3.8, 4) is 0 Å². The molecule has 0 aromatic heterocycles. The zero-order chi connectivity index (χ0) is 13.0. The molecule has 1 heterocycles. The Morgan fingerprint density at radius 1 is 1.28 bits per heavy atom. The maximum Gasteiger partial charge on any atom is 0.0589 e. The monoisotopic (exact) mass is 282 g/mol. The first-order chi connectivity index (χ1) is 8.76. The standard InChI is InChI=1S/C14H22N2S2/c1-3-11-4-6-12(7-5-11)13(16-15)14-10(2)17-8-9-18-14/h4-7,10,13-14,16H,3,8-9,15H2,1-2H3. The Morgan fingerprint density at radius 2 is 1.94 bits per heavy atom. The third-order valence-corrected chi connectivity index (χ3v) is 6.69. The number of benzene rings is 1. The van der Waals surface area contributed by atoms with E-state index in [-0.39, 0.29) is 6.04 Å². The first kappa shape index (κ1) is 14.3. The topological polar surface area (TPSA) is 38.0 Å². The Hall–Kier alpha value is -0.160. The number of hydrogen-bond acceptors (Lipinski definition) is 4. The summed E-state index contributed by atoms with van der Waals surface area (Å²) in [5.74, 6) is 8.28. The van der Waals surface area contributed by atoms with Gasteiger partial charge in [0.15, 0.2) is 0 Å². The van der Waals surface area contributed by atoms with Gasteiger partial charge in [-0.05, 0) is 17.5 Å². The van der Waals surface area contributed by atoms with Crippen LogP contribution in [-0.4, -0.2) is 22.0 Å². The van der Waals surface area contributed by atoms with Crippen molar-refractivity contribution in [2.24, 2.45) is 5.84 Å². The van der Waals surface area contributed by atoms with Gasteiger partial charge in [-0.25, -0.2) is 0 Å². The fourth-order valence-electron chi connectivity index (χ4n) is 2.36. The number of rotatable bonds is 4. The fraction of sp³-hybridized carbons (Fsp3) is 0.571. The molecule has 2 nitrogen and oxygen atoms in total. The smallest absolute Gasteiger partial charge is 0.0589 e. The fourth-order valence-corrected chi connectivity index (χ4v) is 5.29. The van der Waals surface area contributed by atoms with E-state index in [4.69, 9.17) is 5.84 Å². The largest absolute Gasteiger partial charge is 0.271 e. The molecular formula is C14H22N2S2. The van der Waals surface area contributed by atoms with Crippen molar-refractivity contribution in [1.82, 2.24) is 5.43 Å². The summed E-state index contributed by atoms with van der Waals surface area (Å²) in [6, 6.07) is 9.12. The molecule has 100 valence electrons. The molecule has 3 N–H and O–H groups in total. The molecule has 0 aliphatic carbocycles. The molecule has 1 saturated heterocycles. The van der Waals surface area contributed by atoms with Crippen LogP contribution < -0.4 is 11.3 Å². The van der Waals surface area contributed by atoms with Crippen LogP contribution in [0.25, 0.3) is 0 Å². The third kappa shape index (κ3) is 3.23. The van der Waals surface area contributed by atoms with Gasteiger partial charge >= 0.3 is 0 Å². The van der Waals surface area contributed by atoms with Gasteiger partial charge in [0.2, 0.25) is 0 Å². The molecule has 1 fully saturated rings. The van der Waals surface area contributed by atoms with E-state index >= 15 is 0 Å². The van der Waals surface area contributed by atoms with Gasteiger partial charge in [0.1, 0.15) is 0 Å². The maximum absolute atomic E-state index is 5.80. The lowest BCUT2D eigenvalue weighted by Crippen LogP contribution is -2.40. The summed E-state index contributed by atoms with van der Waals surface area (Å²) >= 11 is 4.10. The predicted molar refractivity (Wildman–Crippen MR) is 84.1 cm³/mol. The molecule has 4 heteroatoms. The molecule has 3 unspecified atom stereocenters. The summed E-state index contributed by atoms with van der Waals surface area (Å²) in [6.45, 7) is 4.50. The molecule has 1 aromatic rings. The minimum Gasteiger partial charge on any atom is -0.271 e. The Kier molecular flexibility index (Phi) is 5.42. The number of nitrogens with one attached hydrogen (secondary N) is 1. The van der Waals surface area contributed by atoms with Gasteiger partial charge in [0.25, 0.3) is 0 Å². The zero-order valence-corrected chi connectivity index (χ0v) is 12.7. The molecule has 0 bridgehead atoms. The summed E-state index contributed by atoms with van der Waals surface area (Å²) in [4.78, 5) is 0. The quantitative estimate of drug-likeness (QED) is 0.658. The summed E-state index contributed by atoms with van der Waals surface area (Å²) in [6.07, 6.45) is 1.09. The minimum atomic E-state index is 0.253. The second-order valence-corrected chi connectivity index (χ2v) is 7.42. The maximum atomic E-state index is 5.80. The lowest BCUT2D eigenvalue weighted by Gasteiger charge is -2.34. The molecule has 0 spiro atoms. The van der Waals surface area contributed by atoms with Crippen molar-refractivity contribution in [3.05, 3.63) is 35.4 Å². The summed E-state index contributed by atoms with van der Waals surface area (Å²) in [7, 11) is 0. The second-order valence-electron chi connectivity index (χ2n) is 4.65. The Morgan fingerprint density at radius 3 is 2.50 bits per heavy atom. The van der Waals surface area contributed by atoms with Crippen LogP contribution >= 0.6 is 23.5 Å². The van der Waals surface area contributed by atoms with Crippen molar-refractivity contribution in [3.63, 3.8) is 0 Å². The molecule has 0 radical (unpaired) electrons. The number of nitrogens with two attached hydrogens (primary N) is 1. The van der Waals surface area contributed by atoms with Crippen LogP contribution in [0.4, 0.5) is 0 Å². The van der Waals surface area contributed by atoms with Gasteiger partial charge in [0, 0.05) is 22.0 Å².